The quantitative estimate of drug-likeness (QED) is 0.840. The van der Waals surface area contributed by atoms with Crippen molar-refractivity contribution in [2.75, 3.05) is 13.1 Å². The molecule has 20 heavy (non-hydrogen) atoms. The van der Waals surface area contributed by atoms with Crippen LogP contribution in [0.3, 0.4) is 0 Å². The van der Waals surface area contributed by atoms with Crippen LogP contribution in [-0.2, 0) is 11.3 Å². The molecular weight excluding hydrogens is 254 g/mol. The number of hydrogen-bond acceptors (Lipinski definition) is 3. The molecule has 0 aliphatic carbocycles. The van der Waals surface area contributed by atoms with E-state index < -0.39 is 5.97 Å². The normalized spacial score (nSPS) is 10.9. The van der Waals surface area contributed by atoms with E-state index in [1.165, 1.54) is 0 Å². The van der Waals surface area contributed by atoms with Crippen LogP contribution in [0.4, 0.5) is 0 Å². The predicted molar refractivity (Wildman–Crippen MR) is 76.8 cm³/mol. The Labute approximate surface area is 118 Å². The molecule has 0 saturated carbocycles. The molecule has 5 nitrogen and oxygen atoms in total. The Morgan fingerprint density at radius 2 is 2.05 bits per heavy atom. The molecule has 0 saturated heterocycles. The fraction of sp³-hybridized carbons (Fsp3) is 0.333. The fourth-order valence-electron chi connectivity index (χ4n) is 2.12. The number of carboxylic acid groups (broad SMARTS) is 1. The van der Waals surface area contributed by atoms with E-state index in [0.29, 0.717) is 6.54 Å². The van der Waals surface area contributed by atoms with Crippen molar-refractivity contribution in [1.29, 1.82) is 0 Å². The summed E-state index contributed by atoms with van der Waals surface area (Å²) in [7, 11) is 0. The maximum atomic E-state index is 10.8. The van der Waals surface area contributed by atoms with Crippen molar-refractivity contribution in [2.45, 2.75) is 19.9 Å². The zero-order valence-electron chi connectivity index (χ0n) is 11.6. The van der Waals surface area contributed by atoms with Crippen molar-refractivity contribution in [3.05, 3.63) is 48.3 Å². The van der Waals surface area contributed by atoms with E-state index in [1.807, 2.05) is 54.4 Å². The second kappa shape index (κ2) is 6.86. The number of nitrogens with zero attached hydrogens (tertiary/aromatic N) is 3. The first kappa shape index (κ1) is 14.3. The summed E-state index contributed by atoms with van der Waals surface area (Å²) in [6.07, 6.45) is 2.82. The average Bonchev–Trinajstić information content (AvgIpc) is 2.88. The highest BCUT2D eigenvalue weighted by Crippen LogP contribution is 2.08. The third kappa shape index (κ3) is 3.93. The largest absolute Gasteiger partial charge is 0.480 e. The van der Waals surface area contributed by atoms with Crippen molar-refractivity contribution >= 4 is 5.97 Å². The lowest BCUT2D eigenvalue weighted by molar-refractivity contribution is -0.138. The molecule has 0 atom stereocenters. The second-order valence-corrected chi connectivity index (χ2v) is 4.69. The van der Waals surface area contributed by atoms with Gasteiger partial charge in [0.1, 0.15) is 0 Å². The van der Waals surface area contributed by atoms with Crippen LogP contribution in [0.5, 0.6) is 0 Å². The summed E-state index contributed by atoms with van der Waals surface area (Å²) in [5, 5.41) is 13.4. The molecule has 1 heterocycles. The van der Waals surface area contributed by atoms with Gasteiger partial charge in [0.2, 0.25) is 0 Å². The number of benzene rings is 1. The minimum atomic E-state index is -0.805. The highest BCUT2D eigenvalue weighted by Gasteiger charge is 2.11. The second-order valence-electron chi connectivity index (χ2n) is 4.69. The van der Waals surface area contributed by atoms with Gasteiger partial charge in [0.25, 0.3) is 0 Å². The Kier molecular flexibility index (Phi) is 4.90. The van der Waals surface area contributed by atoms with Gasteiger partial charge in [0.15, 0.2) is 0 Å². The smallest absolute Gasteiger partial charge is 0.317 e. The third-order valence-corrected chi connectivity index (χ3v) is 2.95. The molecular formula is C15H19N3O2. The Hall–Kier alpha value is -2.14. The van der Waals surface area contributed by atoms with E-state index in [9.17, 15) is 4.79 Å². The van der Waals surface area contributed by atoms with Gasteiger partial charge in [-0.3, -0.25) is 9.69 Å². The number of hydrogen-bond donors (Lipinski definition) is 1. The summed E-state index contributed by atoms with van der Waals surface area (Å²) in [4.78, 5) is 12.7. The lowest BCUT2D eigenvalue weighted by Crippen LogP contribution is -2.30. The van der Waals surface area contributed by atoms with Gasteiger partial charge in [0.05, 0.1) is 17.9 Å². The summed E-state index contributed by atoms with van der Waals surface area (Å²) in [5.41, 5.74) is 1.88. The molecule has 0 fully saturated rings. The molecule has 0 radical (unpaired) electrons. The molecule has 5 heteroatoms. The maximum Gasteiger partial charge on any atom is 0.317 e. The van der Waals surface area contributed by atoms with E-state index in [0.717, 1.165) is 24.3 Å². The number of rotatable bonds is 7. The molecule has 0 amide bonds. The van der Waals surface area contributed by atoms with Gasteiger partial charge in [-0.1, -0.05) is 25.1 Å². The minimum Gasteiger partial charge on any atom is -0.480 e. The minimum absolute atomic E-state index is 0.0477. The first-order valence-corrected chi connectivity index (χ1v) is 6.73. The number of aliphatic carboxylic acids is 1. The van der Waals surface area contributed by atoms with E-state index in [4.69, 9.17) is 5.11 Å². The Morgan fingerprint density at radius 1 is 1.30 bits per heavy atom. The predicted octanol–water partition coefficient (Wildman–Crippen LogP) is 2.17. The number of carbonyl (C=O) groups is 1. The zero-order chi connectivity index (χ0) is 14.4. The van der Waals surface area contributed by atoms with E-state index in [-0.39, 0.29) is 6.54 Å². The lowest BCUT2D eigenvalue weighted by Gasteiger charge is -2.17. The SMILES string of the molecule is CCCN(CC(=O)O)Cc1ccn(-c2ccccc2)n1. The molecule has 0 aliphatic rings. The Morgan fingerprint density at radius 3 is 2.70 bits per heavy atom. The molecule has 106 valence electrons. The Balaban J connectivity index is 2.06. The average molecular weight is 273 g/mol. The molecule has 0 spiro atoms. The van der Waals surface area contributed by atoms with E-state index in [1.54, 1.807) is 4.68 Å². The molecule has 2 rings (SSSR count). The van der Waals surface area contributed by atoms with Crippen molar-refractivity contribution in [1.82, 2.24) is 14.7 Å². The van der Waals surface area contributed by atoms with E-state index >= 15 is 0 Å². The van der Waals surface area contributed by atoms with Crippen LogP contribution in [0.25, 0.3) is 5.69 Å². The van der Waals surface area contributed by atoms with Crippen molar-refractivity contribution < 1.29 is 9.90 Å². The van der Waals surface area contributed by atoms with Crippen LogP contribution in [0.1, 0.15) is 19.0 Å². The maximum absolute atomic E-state index is 10.8. The topological polar surface area (TPSA) is 58.4 Å². The van der Waals surface area contributed by atoms with Gasteiger partial charge in [-0.05, 0) is 31.2 Å². The van der Waals surface area contributed by atoms with Crippen molar-refractivity contribution in [2.24, 2.45) is 0 Å². The van der Waals surface area contributed by atoms with Crippen LogP contribution in [0.15, 0.2) is 42.6 Å². The molecule has 1 aromatic carbocycles. The highest BCUT2D eigenvalue weighted by molar-refractivity contribution is 5.69. The molecule has 0 bridgehead atoms. The van der Waals surface area contributed by atoms with Crippen molar-refractivity contribution in [3.63, 3.8) is 0 Å². The van der Waals surface area contributed by atoms with Crippen LogP contribution in [-0.4, -0.2) is 38.8 Å². The van der Waals surface area contributed by atoms with Gasteiger partial charge in [0, 0.05) is 12.7 Å². The summed E-state index contributed by atoms with van der Waals surface area (Å²) in [6, 6.07) is 11.8. The number of aromatic nitrogens is 2. The molecule has 1 N–H and O–H groups in total. The standard InChI is InChI=1S/C15H19N3O2/c1-2-9-17(12-15(19)20)11-13-8-10-18(16-13)14-6-4-3-5-7-14/h3-8,10H,2,9,11-12H2,1H3,(H,19,20). The first-order valence-electron chi connectivity index (χ1n) is 6.73. The third-order valence-electron chi connectivity index (χ3n) is 2.95. The molecule has 2 aromatic rings. The molecule has 0 aliphatic heterocycles. The highest BCUT2D eigenvalue weighted by atomic mass is 16.4. The number of para-hydroxylation sites is 1. The summed E-state index contributed by atoms with van der Waals surface area (Å²) < 4.78 is 1.81. The van der Waals surface area contributed by atoms with Gasteiger partial charge >= 0.3 is 5.97 Å². The van der Waals surface area contributed by atoms with Gasteiger partial charge < -0.3 is 5.11 Å². The van der Waals surface area contributed by atoms with Gasteiger partial charge in [-0.25, -0.2) is 4.68 Å². The first-order chi connectivity index (χ1) is 9.69. The van der Waals surface area contributed by atoms with Gasteiger partial charge in [-0.2, -0.15) is 5.10 Å². The summed E-state index contributed by atoms with van der Waals surface area (Å²) >= 11 is 0. The fourth-order valence-corrected chi connectivity index (χ4v) is 2.12. The van der Waals surface area contributed by atoms with Gasteiger partial charge in [-0.15, -0.1) is 0 Å². The van der Waals surface area contributed by atoms with E-state index in [2.05, 4.69) is 5.10 Å². The van der Waals surface area contributed by atoms with Crippen LogP contribution in [0, 0.1) is 0 Å². The number of carboxylic acids is 1. The van der Waals surface area contributed by atoms with Crippen LogP contribution < -0.4 is 0 Å². The lowest BCUT2D eigenvalue weighted by atomic mass is 10.3. The van der Waals surface area contributed by atoms with Crippen LogP contribution >= 0.6 is 0 Å². The Bertz CT molecular complexity index is 551. The summed E-state index contributed by atoms with van der Waals surface area (Å²) in [5.74, 6) is -0.805. The monoisotopic (exact) mass is 273 g/mol. The van der Waals surface area contributed by atoms with Crippen molar-refractivity contribution in [3.8, 4) is 5.69 Å². The summed E-state index contributed by atoms with van der Waals surface area (Å²) in [6.45, 7) is 3.40. The zero-order valence-corrected chi connectivity index (χ0v) is 11.6. The van der Waals surface area contributed by atoms with Crippen LogP contribution in [0.2, 0.25) is 0 Å². The molecule has 0 unspecified atom stereocenters. The molecule has 1 aromatic heterocycles.